The summed E-state index contributed by atoms with van der Waals surface area (Å²) in [6, 6.07) is -0.0392. The molecule has 0 fully saturated rings. The quantitative estimate of drug-likeness (QED) is 0.655. The molecule has 0 aromatic carbocycles. The first-order chi connectivity index (χ1) is 6.70. The maximum Gasteiger partial charge on any atom is 0.317 e. The van der Waals surface area contributed by atoms with Gasteiger partial charge in [0.2, 0.25) is 0 Å². The fourth-order valence-corrected chi connectivity index (χ4v) is 2.44. The van der Waals surface area contributed by atoms with Crippen molar-refractivity contribution in [3.05, 3.63) is 10.6 Å². The van der Waals surface area contributed by atoms with Gasteiger partial charge < -0.3 is 16.0 Å². The van der Waals surface area contributed by atoms with Gasteiger partial charge in [-0.25, -0.2) is 9.78 Å². The highest BCUT2D eigenvalue weighted by atomic mass is 32.1. The fraction of sp³-hybridized carbons (Fsp3) is 0.500. The smallest absolute Gasteiger partial charge is 0.317 e. The lowest BCUT2D eigenvalue weighted by atomic mass is 10.2. The highest BCUT2D eigenvalue weighted by Crippen LogP contribution is 2.26. The Bertz CT molecular complexity index is 362. The van der Waals surface area contributed by atoms with E-state index in [9.17, 15) is 4.79 Å². The minimum absolute atomic E-state index is 0.0392. The van der Waals surface area contributed by atoms with Crippen LogP contribution in [0.1, 0.15) is 10.6 Å². The monoisotopic (exact) mass is 212 g/mol. The van der Waals surface area contributed by atoms with Gasteiger partial charge in [0.05, 0.1) is 12.2 Å². The molecule has 2 heterocycles. The van der Waals surface area contributed by atoms with Crippen molar-refractivity contribution >= 4 is 22.5 Å². The first-order valence-electron chi connectivity index (χ1n) is 4.41. The molecule has 5 nitrogen and oxygen atoms in total. The number of hydrogen-bond acceptors (Lipinski definition) is 4. The maximum absolute atomic E-state index is 11.4. The van der Waals surface area contributed by atoms with E-state index in [-0.39, 0.29) is 6.03 Å². The SMILES string of the molecule is CNC(=O)N1CCc2nc(N)sc2C1. The van der Waals surface area contributed by atoms with Crippen LogP contribution in [0.15, 0.2) is 0 Å². The molecule has 0 saturated carbocycles. The number of nitrogens with two attached hydrogens (primary N) is 1. The zero-order valence-electron chi connectivity index (χ0n) is 7.91. The van der Waals surface area contributed by atoms with Crippen LogP contribution in [0, 0.1) is 0 Å². The van der Waals surface area contributed by atoms with Crippen LogP contribution in [0.3, 0.4) is 0 Å². The lowest BCUT2D eigenvalue weighted by Gasteiger charge is -2.25. The zero-order valence-corrected chi connectivity index (χ0v) is 8.73. The molecule has 1 aliphatic heterocycles. The van der Waals surface area contributed by atoms with Crippen LogP contribution in [-0.2, 0) is 13.0 Å². The van der Waals surface area contributed by atoms with E-state index in [0.29, 0.717) is 11.7 Å². The molecule has 1 aromatic heterocycles. The molecule has 0 bridgehead atoms. The molecule has 0 saturated heterocycles. The Kier molecular flexibility index (Phi) is 2.28. The van der Waals surface area contributed by atoms with Crippen LogP contribution in [0.2, 0.25) is 0 Å². The average molecular weight is 212 g/mol. The second-order valence-electron chi connectivity index (χ2n) is 3.15. The number of carbonyl (C=O) groups excluding carboxylic acids is 1. The minimum atomic E-state index is -0.0392. The highest BCUT2D eigenvalue weighted by Gasteiger charge is 2.22. The molecule has 1 aromatic rings. The number of fused-ring (bicyclic) bond motifs is 1. The van der Waals surface area contributed by atoms with E-state index >= 15 is 0 Å². The number of nitrogen functional groups attached to an aromatic ring is 1. The molecule has 14 heavy (non-hydrogen) atoms. The lowest BCUT2D eigenvalue weighted by molar-refractivity contribution is 0.195. The van der Waals surface area contributed by atoms with Crippen molar-refractivity contribution in [3.8, 4) is 0 Å². The number of hydrogen-bond donors (Lipinski definition) is 2. The summed E-state index contributed by atoms with van der Waals surface area (Å²) in [6.45, 7) is 1.35. The summed E-state index contributed by atoms with van der Waals surface area (Å²) in [5, 5.41) is 3.20. The number of aromatic nitrogens is 1. The lowest BCUT2D eigenvalue weighted by Crippen LogP contribution is -2.40. The van der Waals surface area contributed by atoms with Gasteiger partial charge in [0, 0.05) is 24.9 Å². The van der Waals surface area contributed by atoms with Crippen LogP contribution >= 0.6 is 11.3 Å². The number of nitrogens with zero attached hydrogens (tertiary/aromatic N) is 2. The number of thiazole rings is 1. The van der Waals surface area contributed by atoms with Gasteiger partial charge in [0.25, 0.3) is 0 Å². The van der Waals surface area contributed by atoms with Crippen LogP contribution in [0.25, 0.3) is 0 Å². The maximum atomic E-state index is 11.4. The van der Waals surface area contributed by atoms with Gasteiger partial charge >= 0.3 is 6.03 Å². The van der Waals surface area contributed by atoms with E-state index < -0.39 is 0 Å². The molecule has 2 rings (SSSR count). The van der Waals surface area contributed by atoms with Crippen molar-refractivity contribution in [2.75, 3.05) is 19.3 Å². The van der Waals surface area contributed by atoms with Crippen LogP contribution in [0.5, 0.6) is 0 Å². The highest BCUT2D eigenvalue weighted by molar-refractivity contribution is 7.15. The molecule has 0 spiro atoms. The fourth-order valence-electron chi connectivity index (χ4n) is 1.55. The van der Waals surface area contributed by atoms with Crippen molar-refractivity contribution < 1.29 is 4.79 Å². The molecular formula is C8H12N4OS. The molecule has 1 aliphatic rings. The summed E-state index contributed by atoms with van der Waals surface area (Å²) in [6.07, 6.45) is 0.802. The van der Waals surface area contributed by atoms with E-state index in [0.717, 1.165) is 23.5 Å². The van der Waals surface area contributed by atoms with Crippen molar-refractivity contribution in [3.63, 3.8) is 0 Å². The Morgan fingerprint density at radius 2 is 2.50 bits per heavy atom. The first-order valence-corrected chi connectivity index (χ1v) is 5.23. The number of anilines is 1. The number of nitrogens with one attached hydrogen (secondary N) is 1. The van der Waals surface area contributed by atoms with Gasteiger partial charge in [-0.15, -0.1) is 11.3 Å². The molecule has 3 N–H and O–H groups in total. The number of amides is 2. The molecule has 0 atom stereocenters. The van der Waals surface area contributed by atoms with E-state index in [2.05, 4.69) is 10.3 Å². The molecule has 76 valence electrons. The van der Waals surface area contributed by atoms with E-state index in [4.69, 9.17) is 5.73 Å². The Labute approximate surface area is 85.9 Å². The van der Waals surface area contributed by atoms with Crippen molar-refractivity contribution in [1.29, 1.82) is 0 Å². The first kappa shape index (κ1) is 9.26. The Hall–Kier alpha value is -1.30. The summed E-state index contributed by atoms with van der Waals surface area (Å²) >= 11 is 1.47. The molecule has 0 radical (unpaired) electrons. The summed E-state index contributed by atoms with van der Waals surface area (Å²) in [7, 11) is 1.64. The van der Waals surface area contributed by atoms with Crippen molar-refractivity contribution in [2.24, 2.45) is 0 Å². The van der Waals surface area contributed by atoms with Crippen LogP contribution in [0.4, 0.5) is 9.93 Å². The van der Waals surface area contributed by atoms with Gasteiger partial charge in [-0.05, 0) is 0 Å². The van der Waals surface area contributed by atoms with E-state index in [1.165, 1.54) is 11.3 Å². The summed E-state index contributed by atoms with van der Waals surface area (Å²) < 4.78 is 0. The van der Waals surface area contributed by atoms with E-state index in [1.807, 2.05) is 0 Å². The minimum Gasteiger partial charge on any atom is -0.375 e. The molecule has 6 heteroatoms. The Morgan fingerprint density at radius 1 is 1.71 bits per heavy atom. The topological polar surface area (TPSA) is 71.2 Å². The second-order valence-corrected chi connectivity index (χ2v) is 4.26. The number of carbonyl (C=O) groups is 1. The predicted molar refractivity (Wildman–Crippen MR) is 55.1 cm³/mol. The average Bonchev–Trinajstić information content (AvgIpc) is 2.55. The predicted octanol–water partition coefficient (Wildman–Crippen LogP) is 0.423. The summed E-state index contributed by atoms with van der Waals surface area (Å²) in [5.74, 6) is 0. The van der Waals surface area contributed by atoms with Crippen LogP contribution < -0.4 is 11.1 Å². The standard InChI is InChI=1S/C8H12N4OS/c1-10-8(13)12-3-2-5-6(4-12)14-7(9)11-5/h2-4H2,1H3,(H2,9,11)(H,10,13). The van der Waals surface area contributed by atoms with Gasteiger partial charge in [0.1, 0.15) is 0 Å². The third-order valence-electron chi connectivity index (χ3n) is 2.25. The summed E-state index contributed by atoms with van der Waals surface area (Å²) in [4.78, 5) is 18.4. The van der Waals surface area contributed by atoms with Gasteiger partial charge in [0.15, 0.2) is 5.13 Å². The Balaban J connectivity index is 2.16. The number of rotatable bonds is 0. The largest absolute Gasteiger partial charge is 0.375 e. The van der Waals surface area contributed by atoms with Crippen molar-refractivity contribution in [2.45, 2.75) is 13.0 Å². The molecule has 0 aliphatic carbocycles. The van der Waals surface area contributed by atoms with Gasteiger partial charge in [-0.1, -0.05) is 0 Å². The van der Waals surface area contributed by atoms with Gasteiger partial charge in [-0.3, -0.25) is 0 Å². The molecule has 0 unspecified atom stereocenters. The second kappa shape index (κ2) is 3.45. The number of urea groups is 1. The van der Waals surface area contributed by atoms with Gasteiger partial charge in [-0.2, -0.15) is 0 Å². The molecule has 2 amide bonds. The van der Waals surface area contributed by atoms with E-state index in [1.54, 1.807) is 11.9 Å². The normalized spacial score (nSPS) is 15.1. The zero-order chi connectivity index (χ0) is 10.1. The summed E-state index contributed by atoms with van der Waals surface area (Å²) in [5.41, 5.74) is 6.65. The molecular weight excluding hydrogens is 200 g/mol. The van der Waals surface area contributed by atoms with Crippen molar-refractivity contribution in [1.82, 2.24) is 15.2 Å². The third kappa shape index (κ3) is 1.52. The third-order valence-corrected chi connectivity index (χ3v) is 3.16. The Morgan fingerprint density at radius 3 is 3.21 bits per heavy atom. The van der Waals surface area contributed by atoms with Crippen LogP contribution in [-0.4, -0.2) is 29.5 Å².